The van der Waals surface area contributed by atoms with E-state index in [-0.39, 0.29) is 0 Å². The van der Waals surface area contributed by atoms with Gasteiger partial charge in [0, 0.05) is 6.21 Å². The maximum Gasteiger partial charge on any atom is 0.333 e. The van der Waals surface area contributed by atoms with Gasteiger partial charge in [-0.15, -0.1) is 0 Å². The topological polar surface area (TPSA) is 49.7 Å². The van der Waals surface area contributed by atoms with Crippen LogP contribution in [0.25, 0.3) is 0 Å². The van der Waals surface area contributed by atoms with Crippen LogP contribution in [0.4, 0.5) is 0 Å². The van der Waals surface area contributed by atoms with Crippen LogP contribution in [0.15, 0.2) is 65.7 Å². The third kappa shape index (κ3) is 3.04. The summed E-state index contributed by atoms with van der Waals surface area (Å²) in [7, 11) is 0. The standard InChI is InChI=1S/C15H13NO2/c17-15(18)14(13-9-5-2-6-10-13)16-11-12-7-3-1-4-8-12/h1-11,14H,(H,17,18)/b16-11+. The lowest BCUT2D eigenvalue weighted by Gasteiger charge is -2.07. The van der Waals surface area contributed by atoms with Crippen LogP contribution >= 0.6 is 0 Å². The molecular formula is C15H13NO2. The van der Waals surface area contributed by atoms with E-state index in [0.717, 1.165) is 5.56 Å². The Labute approximate surface area is 105 Å². The molecule has 1 N–H and O–H groups in total. The Morgan fingerprint density at radius 2 is 1.56 bits per heavy atom. The van der Waals surface area contributed by atoms with Gasteiger partial charge in [-0.1, -0.05) is 60.7 Å². The molecule has 3 nitrogen and oxygen atoms in total. The average Bonchev–Trinajstić information content (AvgIpc) is 2.41. The largest absolute Gasteiger partial charge is 0.479 e. The van der Waals surface area contributed by atoms with Gasteiger partial charge in [-0.25, -0.2) is 4.79 Å². The molecule has 2 aromatic carbocycles. The van der Waals surface area contributed by atoms with Crippen LogP contribution < -0.4 is 0 Å². The summed E-state index contributed by atoms with van der Waals surface area (Å²) in [6, 6.07) is 17.6. The van der Waals surface area contributed by atoms with Gasteiger partial charge in [0.25, 0.3) is 0 Å². The van der Waals surface area contributed by atoms with E-state index in [2.05, 4.69) is 4.99 Å². The maximum absolute atomic E-state index is 11.2. The normalized spacial score (nSPS) is 12.4. The second kappa shape index (κ2) is 5.77. The number of benzene rings is 2. The van der Waals surface area contributed by atoms with Gasteiger partial charge < -0.3 is 5.11 Å². The van der Waals surface area contributed by atoms with Crippen LogP contribution in [0.3, 0.4) is 0 Å². The minimum Gasteiger partial charge on any atom is -0.479 e. The maximum atomic E-state index is 11.2. The zero-order chi connectivity index (χ0) is 12.8. The van der Waals surface area contributed by atoms with E-state index in [4.69, 9.17) is 0 Å². The summed E-state index contributed by atoms with van der Waals surface area (Å²) < 4.78 is 0. The van der Waals surface area contributed by atoms with Crippen molar-refractivity contribution in [2.75, 3.05) is 0 Å². The molecule has 0 aliphatic heterocycles. The van der Waals surface area contributed by atoms with Crippen molar-refractivity contribution in [1.82, 2.24) is 0 Å². The minimum absolute atomic E-state index is 0.678. The first-order chi connectivity index (χ1) is 8.77. The molecule has 0 saturated carbocycles. The first kappa shape index (κ1) is 12.0. The third-order valence-electron chi connectivity index (χ3n) is 2.52. The molecule has 2 rings (SSSR count). The van der Waals surface area contributed by atoms with Gasteiger partial charge in [0.2, 0.25) is 0 Å². The van der Waals surface area contributed by atoms with Crippen molar-refractivity contribution < 1.29 is 9.90 Å². The second-order valence-corrected chi connectivity index (χ2v) is 3.84. The number of nitrogens with zero attached hydrogens (tertiary/aromatic N) is 1. The van der Waals surface area contributed by atoms with Crippen molar-refractivity contribution in [2.24, 2.45) is 4.99 Å². The van der Waals surface area contributed by atoms with E-state index in [1.54, 1.807) is 18.3 Å². The van der Waals surface area contributed by atoms with Crippen molar-refractivity contribution in [3.05, 3.63) is 71.8 Å². The summed E-state index contributed by atoms with van der Waals surface area (Å²) in [5.41, 5.74) is 1.57. The molecule has 0 aliphatic carbocycles. The number of hydrogen-bond acceptors (Lipinski definition) is 2. The Morgan fingerprint density at radius 3 is 2.11 bits per heavy atom. The monoisotopic (exact) mass is 239 g/mol. The van der Waals surface area contributed by atoms with Crippen LogP contribution in [-0.2, 0) is 4.79 Å². The predicted molar refractivity (Wildman–Crippen MR) is 70.9 cm³/mol. The first-order valence-corrected chi connectivity index (χ1v) is 5.63. The number of carboxylic acids is 1. The molecule has 0 radical (unpaired) electrons. The average molecular weight is 239 g/mol. The van der Waals surface area contributed by atoms with Crippen molar-refractivity contribution in [3.8, 4) is 0 Å². The molecule has 1 atom stereocenters. The van der Waals surface area contributed by atoms with E-state index in [1.165, 1.54) is 0 Å². The van der Waals surface area contributed by atoms with Crippen LogP contribution in [0, 0.1) is 0 Å². The van der Waals surface area contributed by atoms with E-state index in [0.29, 0.717) is 5.56 Å². The highest BCUT2D eigenvalue weighted by Crippen LogP contribution is 2.17. The van der Waals surface area contributed by atoms with E-state index >= 15 is 0 Å². The van der Waals surface area contributed by atoms with E-state index < -0.39 is 12.0 Å². The van der Waals surface area contributed by atoms with Gasteiger partial charge in [0.05, 0.1) is 0 Å². The van der Waals surface area contributed by atoms with Crippen molar-refractivity contribution in [2.45, 2.75) is 6.04 Å². The second-order valence-electron chi connectivity index (χ2n) is 3.84. The lowest BCUT2D eigenvalue weighted by atomic mass is 10.1. The minimum atomic E-state index is -0.951. The lowest BCUT2D eigenvalue weighted by Crippen LogP contribution is -2.09. The summed E-state index contributed by atoms with van der Waals surface area (Å²) in [4.78, 5) is 15.3. The Balaban J connectivity index is 2.23. The molecular weight excluding hydrogens is 226 g/mol. The fourth-order valence-electron chi connectivity index (χ4n) is 1.63. The van der Waals surface area contributed by atoms with E-state index in [9.17, 15) is 9.90 Å². The highest BCUT2D eigenvalue weighted by Gasteiger charge is 2.16. The summed E-state index contributed by atoms with van der Waals surface area (Å²) in [6.07, 6.45) is 1.59. The molecule has 3 heteroatoms. The molecule has 0 bridgehead atoms. The molecule has 0 saturated heterocycles. The number of aliphatic carboxylic acids is 1. The molecule has 0 heterocycles. The number of carboxylic acid groups (broad SMARTS) is 1. The molecule has 1 unspecified atom stereocenters. The van der Waals surface area contributed by atoms with Gasteiger partial charge in [-0.05, 0) is 11.1 Å². The van der Waals surface area contributed by atoms with Gasteiger partial charge >= 0.3 is 5.97 Å². The molecule has 0 fully saturated rings. The van der Waals surface area contributed by atoms with Crippen molar-refractivity contribution >= 4 is 12.2 Å². The molecule has 0 spiro atoms. The summed E-state index contributed by atoms with van der Waals surface area (Å²) in [5.74, 6) is -0.951. The molecule has 90 valence electrons. The SMILES string of the molecule is O=C(O)C(/N=C/c1ccccc1)c1ccccc1. The smallest absolute Gasteiger partial charge is 0.333 e. The lowest BCUT2D eigenvalue weighted by molar-refractivity contribution is -0.138. The van der Waals surface area contributed by atoms with Crippen molar-refractivity contribution in [3.63, 3.8) is 0 Å². The summed E-state index contributed by atoms with van der Waals surface area (Å²) >= 11 is 0. The fourth-order valence-corrected chi connectivity index (χ4v) is 1.63. The number of rotatable bonds is 4. The number of hydrogen-bond donors (Lipinski definition) is 1. The number of carbonyl (C=O) groups is 1. The molecule has 2 aromatic rings. The Kier molecular flexibility index (Phi) is 3.86. The zero-order valence-corrected chi connectivity index (χ0v) is 9.73. The third-order valence-corrected chi connectivity index (χ3v) is 2.52. The Hall–Kier alpha value is -2.42. The van der Waals surface area contributed by atoms with Crippen LogP contribution in [0.5, 0.6) is 0 Å². The van der Waals surface area contributed by atoms with Crippen LogP contribution in [0.1, 0.15) is 17.2 Å². The van der Waals surface area contributed by atoms with Crippen molar-refractivity contribution in [1.29, 1.82) is 0 Å². The van der Waals surface area contributed by atoms with Crippen LogP contribution in [-0.4, -0.2) is 17.3 Å². The fraction of sp³-hybridized carbons (Fsp3) is 0.0667. The molecule has 0 aliphatic rings. The van der Waals surface area contributed by atoms with Crippen LogP contribution in [0.2, 0.25) is 0 Å². The van der Waals surface area contributed by atoms with Gasteiger partial charge in [-0.3, -0.25) is 4.99 Å². The summed E-state index contributed by atoms with van der Waals surface area (Å²) in [5, 5.41) is 9.19. The van der Waals surface area contributed by atoms with Gasteiger partial charge in [-0.2, -0.15) is 0 Å². The van der Waals surface area contributed by atoms with E-state index in [1.807, 2.05) is 48.5 Å². The predicted octanol–water partition coefficient (Wildman–Crippen LogP) is 2.93. The molecule has 0 amide bonds. The summed E-state index contributed by atoms with van der Waals surface area (Å²) in [6.45, 7) is 0. The Morgan fingerprint density at radius 1 is 1.00 bits per heavy atom. The zero-order valence-electron chi connectivity index (χ0n) is 9.73. The highest BCUT2D eigenvalue weighted by molar-refractivity contribution is 5.84. The first-order valence-electron chi connectivity index (χ1n) is 5.63. The van der Waals surface area contributed by atoms with Gasteiger partial charge in [0.1, 0.15) is 0 Å². The molecule has 0 aromatic heterocycles. The number of aliphatic imine (C=N–C) groups is 1. The Bertz CT molecular complexity index is 535. The quantitative estimate of drug-likeness (QED) is 0.834. The highest BCUT2D eigenvalue weighted by atomic mass is 16.4. The van der Waals surface area contributed by atoms with Gasteiger partial charge in [0.15, 0.2) is 6.04 Å². The molecule has 18 heavy (non-hydrogen) atoms.